The second-order valence-electron chi connectivity index (χ2n) is 7.79. The number of methoxy groups -OCH3 is 2. The lowest BCUT2D eigenvalue weighted by Crippen LogP contribution is -2.18. The van der Waals surface area contributed by atoms with Gasteiger partial charge in [-0.15, -0.1) is 0 Å². The summed E-state index contributed by atoms with van der Waals surface area (Å²) in [7, 11) is 3.14. The summed E-state index contributed by atoms with van der Waals surface area (Å²) >= 11 is 0. The molecule has 1 amide bonds. The zero-order valence-electron chi connectivity index (χ0n) is 19.6. The van der Waals surface area contributed by atoms with Crippen molar-refractivity contribution in [2.45, 2.75) is 13.8 Å². The largest absolute Gasteiger partial charge is 0.493 e. The fourth-order valence-corrected chi connectivity index (χ4v) is 3.56. The number of para-hydroxylation sites is 1. The van der Waals surface area contributed by atoms with E-state index in [-0.39, 0.29) is 5.69 Å². The molecule has 0 saturated carbocycles. The highest BCUT2D eigenvalue weighted by atomic mass is 16.5. The Hall–Kier alpha value is -4.39. The Bertz CT molecular complexity index is 1340. The SMILES string of the molecule is COc1ccc(/C=N\NC(=O)c2cc(-c3ccc(C)cc3)n(-c3ccccc3C)n2)cc1OC. The average Bonchev–Trinajstić information content (AvgIpc) is 3.30. The van der Waals surface area contributed by atoms with Gasteiger partial charge in [0.15, 0.2) is 17.2 Å². The van der Waals surface area contributed by atoms with Gasteiger partial charge >= 0.3 is 0 Å². The van der Waals surface area contributed by atoms with E-state index in [0.717, 1.165) is 33.6 Å². The quantitative estimate of drug-likeness (QED) is 0.317. The molecule has 0 aliphatic heterocycles. The smallest absolute Gasteiger partial charge is 0.291 e. The van der Waals surface area contributed by atoms with Crippen molar-refractivity contribution in [3.05, 3.63) is 95.2 Å². The van der Waals surface area contributed by atoms with E-state index in [9.17, 15) is 4.79 Å². The van der Waals surface area contributed by atoms with Crippen LogP contribution in [0.3, 0.4) is 0 Å². The van der Waals surface area contributed by atoms with Crippen molar-refractivity contribution in [3.8, 4) is 28.4 Å². The Morgan fingerprint density at radius 2 is 1.68 bits per heavy atom. The molecule has 0 aliphatic carbocycles. The number of rotatable bonds is 7. The third kappa shape index (κ3) is 4.83. The fraction of sp³-hybridized carbons (Fsp3) is 0.148. The van der Waals surface area contributed by atoms with Crippen LogP contribution in [0.5, 0.6) is 11.5 Å². The molecule has 0 spiro atoms. The highest BCUT2D eigenvalue weighted by Crippen LogP contribution is 2.27. The van der Waals surface area contributed by atoms with Gasteiger partial charge in [-0.05, 0) is 55.3 Å². The molecule has 172 valence electrons. The molecule has 1 heterocycles. The van der Waals surface area contributed by atoms with Crippen molar-refractivity contribution < 1.29 is 14.3 Å². The van der Waals surface area contributed by atoms with Crippen LogP contribution in [-0.4, -0.2) is 36.1 Å². The molecule has 4 rings (SSSR count). The normalized spacial score (nSPS) is 10.9. The number of aromatic nitrogens is 2. The maximum atomic E-state index is 12.9. The summed E-state index contributed by atoms with van der Waals surface area (Å²) in [6.07, 6.45) is 1.54. The zero-order valence-corrected chi connectivity index (χ0v) is 19.6. The van der Waals surface area contributed by atoms with E-state index in [1.165, 1.54) is 0 Å². The Kier molecular flexibility index (Phi) is 6.73. The highest BCUT2D eigenvalue weighted by molar-refractivity contribution is 5.94. The molecule has 34 heavy (non-hydrogen) atoms. The summed E-state index contributed by atoms with van der Waals surface area (Å²) in [5.74, 6) is 0.795. The monoisotopic (exact) mass is 454 g/mol. The van der Waals surface area contributed by atoms with Gasteiger partial charge in [0.1, 0.15) is 0 Å². The molecule has 7 heteroatoms. The maximum Gasteiger partial charge on any atom is 0.291 e. The van der Waals surface area contributed by atoms with Gasteiger partial charge in [-0.1, -0.05) is 48.0 Å². The molecule has 4 aromatic rings. The van der Waals surface area contributed by atoms with Crippen molar-refractivity contribution in [1.29, 1.82) is 0 Å². The minimum absolute atomic E-state index is 0.267. The Morgan fingerprint density at radius 3 is 2.38 bits per heavy atom. The van der Waals surface area contributed by atoms with Crippen molar-refractivity contribution >= 4 is 12.1 Å². The second kappa shape index (κ2) is 10.0. The van der Waals surface area contributed by atoms with E-state index >= 15 is 0 Å². The van der Waals surface area contributed by atoms with Crippen LogP contribution in [0.2, 0.25) is 0 Å². The lowest BCUT2D eigenvalue weighted by molar-refractivity contribution is 0.0949. The first-order chi connectivity index (χ1) is 16.5. The topological polar surface area (TPSA) is 77.7 Å². The van der Waals surface area contributed by atoms with Crippen LogP contribution in [0.4, 0.5) is 0 Å². The molecule has 1 aromatic heterocycles. The molecule has 0 aliphatic rings. The summed E-state index contributed by atoms with van der Waals surface area (Å²) in [5.41, 5.74) is 8.49. The summed E-state index contributed by atoms with van der Waals surface area (Å²) in [4.78, 5) is 12.9. The lowest BCUT2D eigenvalue weighted by Gasteiger charge is -2.10. The fourth-order valence-electron chi connectivity index (χ4n) is 3.56. The molecular weight excluding hydrogens is 428 g/mol. The predicted octanol–water partition coefficient (Wildman–Crippen LogP) is 4.94. The van der Waals surface area contributed by atoms with E-state index in [2.05, 4.69) is 15.6 Å². The van der Waals surface area contributed by atoms with E-state index in [0.29, 0.717) is 11.5 Å². The number of benzene rings is 3. The maximum absolute atomic E-state index is 12.9. The number of amides is 1. The molecule has 3 aromatic carbocycles. The van der Waals surface area contributed by atoms with Crippen LogP contribution in [-0.2, 0) is 0 Å². The summed E-state index contributed by atoms with van der Waals surface area (Å²) < 4.78 is 12.3. The van der Waals surface area contributed by atoms with Gasteiger partial charge < -0.3 is 9.47 Å². The van der Waals surface area contributed by atoms with Crippen molar-refractivity contribution in [3.63, 3.8) is 0 Å². The van der Waals surface area contributed by atoms with Gasteiger partial charge in [0.05, 0.1) is 31.8 Å². The lowest BCUT2D eigenvalue weighted by atomic mass is 10.1. The van der Waals surface area contributed by atoms with Gasteiger partial charge in [-0.25, -0.2) is 10.1 Å². The number of nitrogens with zero attached hydrogens (tertiary/aromatic N) is 3. The standard InChI is InChI=1S/C27H26N4O3/c1-18-9-12-21(13-10-18)24-16-22(30-31(24)23-8-6-5-7-19(23)2)27(32)29-28-17-20-11-14-25(33-3)26(15-20)34-4/h5-17H,1-4H3,(H,29,32)/b28-17-. The number of hydrogen-bond donors (Lipinski definition) is 1. The number of carbonyl (C=O) groups is 1. The average molecular weight is 455 g/mol. The van der Waals surface area contributed by atoms with Crippen molar-refractivity contribution in [1.82, 2.24) is 15.2 Å². The zero-order chi connectivity index (χ0) is 24.1. The first-order valence-electron chi connectivity index (χ1n) is 10.8. The molecule has 0 unspecified atom stereocenters. The van der Waals surface area contributed by atoms with Crippen LogP contribution in [0, 0.1) is 13.8 Å². The minimum atomic E-state index is -0.405. The number of hydrazone groups is 1. The molecular formula is C27H26N4O3. The number of nitrogens with one attached hydrogen (secondary N) is 1. The predicted molar refractivity (Wildman–Crippen MR) is 133 cm³/mol. The molecule has 1 N–H and O–H groups in total. The molecule has 7 nitrogen and oxygen atoms in total. The van der Waals surface area contributed by atoms with Gasteiger partial charge in [-0.3, -0.25) is 4.79 Å². The Labute approximate surface area is 198 Å². The first kappa shape index (κ1) is 22.8. The second-order valence-corrected chi connectivity index (χ2v) is 7.79. The van der Waals surface area contributed by atoms with E-state index in [1.807, 2.05) is 68.4 Å². The number of ether oxygens (including phenoxy) is 2. The van der Waals surface area contributed by atoms with Gasteiger partial charge in [-0.2, -0.15) is 10.2 Å². The van der Waals surface area contributed by atoms with E-state index in [4.69, 9.17) is 9.47 Å². The first-order valence-corrected chi connectivity index (χ1v) is 10.8. The van der Waals surface area contributed by atoms with E-state index in [1.54, 1.807) is 43.3 Å². The molecule has 0 fully saturated rings. The van der Waals surface area contributed by atoms with Crippen LogP contribution in [0.25, 0.3) is 16.9 Å². The third-order valence-corrected chi connectivity index (χ3v) is 5.42. The molecule has 0 radical (unpaired) electrons. The van der Waals surface area contributed by atoms with Crippen LogP contribution < -0.4 is 14.9 Å². The summed E-state index contributed by atoms with van der Waals surface area (Å²) in [6, 6.07) is 23.2. The number of carbonyl (C=O) groups excluding carboxylic acids is 1. The van der Waals surface area contributed by atoms with Gasteiger partial charge in [0.25, 0.3) is 5.91 Å². The van der Waals surface area contributed by atoms with Crippen molar-refractivity contribution in [2.24, 2.45) is 5.10 Å². The van der Waals surface area contributed by atoms with Crippen LogP contribution >= 0.6 is 0 Å². The molecule has 0 saturated heterocycles. The van der Waals surface area contributed by atoms with Gasteiger partial charge in [0.2, 0.25) is 0 Å². The molecule has 0 atom stereocenters. The number of aryl methyl sites for hydroxylation is 2. The van der Waals surface area contributed by atoms with E-state index < -0.39 is 5.91 Å². The Morgan fingerprint density at radius 1 is 0.941 bits per heavy atom. The van der Waals surface area contributed by atoms with Crippen LogP contribution in [0.1, 0.15) is 27.2 Å². The third-order valence-electron chi connectivity index (χ3n) is 5.42. The minimum Gasteiger partial charge on any atom is -0.493 e. The number of hydrogen-bond acceptors (Lipinski definition) is 5. The summed E-state index contributed by atoms with van der Waals surface area (Å²) in [6.45, 7) is 4.06. The Balaban J connectivity index is 1.62. The summed E-state index contributed by atoms with van der Waals surface area (Å²) in [5, 5.41) is 8.70. The van der Waals surface area contributed by atoms with Crippen molar-refractivity contribution in [2.75, 3.05) is 14.2 Å². The van der Waals surface area contributed by atoms with Crippen LogP contribution in [0.15, 0.2) is 77.9 Å². The molecule has 0 bridgehead atoms. The van der Waals surface area contributed by atoms with Gasteiger partial charge in [0, 0.05) is 5.56 Å². The highest BCUT2D eigenvalue weighted by Gasteiger charge is 2.17.